The van der Waals surface area contributed by atoms with E-state index in [1.807, 2.05) is 6.07 Å². The van der Waals surface area contributed by atoms with E-state index in [9.17, 15) is 0 Å². The van der Waals surface area contributed by atoms with Gasteiger partial charge in [0.15, 0.2) is 0 Å². The number of nitrogens with two attached hydrogens (primary N) is 1. The molecule has 0 atom stereocenters. The molecule has 1 aromatic heterocycles. The van der Waals surface area contributed by atoms with Crippen molar-refractivity contribution in [2.75, 3.05) is 37.5 Å². The highest BCUT2D eigenvalue weighted by molar-refractivity contribution is 5.49. The molecule has 0 radical (unpaired) electrons. The van der Waals surface area contributed by atoms with E-state index < -0.39 is 0 Å². The van der Waals surface area contributed by atoms with Gasteiger partial charge in [-0.1, -0.05) is 6.92 Å². The number of aryl methyl sites for hydroxylation is 1. The van der Waals surface area contributed by atoms with Crippen LogP contribution in [0.2, 0.25) is 0 Å². The first-order valence-electron chi connectivity index (χ1n) is 7.40. The van der Waals surface area contributed by atoms with Crippen LogP contribution in [-0.2, 0) is 6.42 Å². The topological polar surface area (TPSA) is 70.3 Å². The van der Waals surface area contributed by atoms with Crippen LogP contribution in [0.5, 0.6) is 0 Å². The average molecular weight is 278 g/mol. The number of likely N-dealkylation sites (tertiary alicyclic amines) is 1. The molecule has 2 rings (SSSR count). The molecule has 6 nitrogen and oxygen atoms in total. The highest BCUT2D eigenvalue weighted by atomic mass is 15.3. The monoisotopic (exact) mass is 278 g/mol. The summed E-state index contributed by atoms with van der Waals surface area (Å²) in [6, 6.07) is 2.47. The van der Waals surface area contributed by atoms with Gasteiger partial charge in [-0.15, -0.1) is 0 Å². The standard InChI is InChI=1S/C14H26N6/c1-4-5-12-16-13(18-15)10-14(17-12)20(3)11-6-8-19(2)9-7-11/h10-11H,4-9,15H2,1-3H3,(H,16,17,18). The van der Waals surface area contributed by atoms with Gasteiger partial charge in [-0.25, -0.2) is 15.8 Å². The molecule has 1 saturated heterocycles. The summed E-state index contributed by atoms with van der Waals surface area (Å²) in [7, 11) is 4.30. The van der Waals surface area contributed by atoms with Crippen LogP contribution in [0.4, 0.5) is 11.6 Å². The highest BCUT2D eigenvalue weighted by Crippen LogP contribution is 2.22. The number of hydrazine groups is 1. The molecular formula is C14H26N6. The third-order valence-corrected chi connectivity index (χ3v) is 3.98. The molecule has 1 aromatic rings. The normalized spacial score (nSPS) is 17.2. The SMILES string of the molecule is CCCc1nc(NN)cc(N(C)C2CCN(C)CC2)n1. The molecule has 1 fully saturated rings. The minimum absolute atomic E-state index is 0.543. The number of aromatic nitrogens is 2. The largest absolute Gasteiger partial charge is 0.356 e. The van der Waals surface area contributed by atoms with Gasteiger partial charge in [0.25, 0.3) is 0 Å². The van der Waals surface area contributed by atoms with E-state index >= 15 is 0 Å². The third-order valence-electron chi connectivity index (χ3n) is 3.98. The summed E-state index contributed by atoms with van der Waals surface area (Å²) < 4.78 is 0. The van der Waals surface area contributed by atoms with Crippen LogP contribution < -0.4 is 16.2 Å². The predicted molar refractivity (Wildman–Crippen MR) is 82.8 cm³/mol. The van der Waals surface area contributed by atoms with Crippen molar-refractivity contribution in [3.05, 3.63) is 11.9 Å². The van der Waals surface area contributed by atoms with Crippen molar-refractivity contribution in [3.63, 3.8) is 0 Å². The summed E-state index contributed by atoms with van der Waals surface area (Å²) >= 11 is 0. The first kappa shape index (κ1) is 15.0. The van der Waals surface area contributed by atoms with Crippen molar-refractivity contribution in [1.82, 2.24) is 14.9 Å². The number of nitrogens with one attached hydrogen (secondary N) is 1. The first-order valence-corrected chi connectivity index (χ1v) is 7.40. The van der Waals surface area contributed by atoms with E-state index in [0.29, 0.717) is 11.9 Å². The lowest BCUT2D eigenvalue weighted by molar-refractivity contribution is 0.252. The molecule has 0 aromatic carbocycles. The van der Waals surface area contributed by atoms with Gasteiger partial charge >= 0.3 is 0 Å². The Balaban J connectivity index is 2.15. The zero-order valence-electron chi connectivity index (χ0n) is 12.8. The van der Waals surface area contributed by atoms with Crippen molar-refractivity contribution in [2.24, 2.45) is 5.84 Å². The molecule has 0 unspecified atom stereocenters. The summed E-state index contributed by atoms with van der Waals surface area (Å²) in [5.41, 5.74) is 2.65. The Labute approximate surface area is 121 Å². The number of hydrogen-bond acceptors (Lipinski definition) is 6. The van der Waals surface area contributed by atoms with E-state index in [-0.39, 0.29) is 0 Å². The quantitative estimate of drug-likeness (QED) is 0.624. The molecule has 6 heteroatoms. The minimum atomic E-state index is 0.543. The van der Waals surface area contributed by atoms with Gasteiger partial charge < -0.3 is 15.2 Å². The molecule has 20 heavy (non-hydrogen) atoms. The second-order valence-corrected chi connectivity index (χ2v) is 5.57. The number of nitrogens with zero attached hydrogens (tertiary/aromatic N) is 4. The minimum Gasteiger partial charge on any atom is -0.356 e. The van der Waals surface area contributed by atoms with Crippen molar-refractivity contribution in [3.8, 4) is 0 Å². The van der Waals surface area contributed by atoms with E-state index in [4.69, 9.17) is 5.84 Å². The van der Waals surface area contributed by atoms with Crippen LogP contribution in [0.1, 0.15) is 32.0 Å². The average Bonchev–Trinajstić information content (AvgIpc) is 2.47. The number of rotatable bonds is 5. The molecule has 0 bridgehead atoms. The molecule has 112 valence electrons. The van der Waals surface area contributed by atoms with Gasteiger partial charge in [0.05, 0.1) is 0 Å². The van der Waals surface area contributed by atoms with Gasteiger partial charge in [0.2, 0.25) is 0 Å². The number of anilines is 2. The molecular weight excluding hydrogens is 252 g/mol. The van der Waals surface area contributed by atoms with Gasteiger partial charge in [-0.3, -0.25) is 0 Å². The van der Waals surface area contributed by atoms with E-state index in [1.165, 1.54) is 12.8 Å². The van der Waals surface area contributed by atoms with Crippen LogP contribution in [0.3, 0.4) is 0 Å². The fraction of sp³-hybridized carbons (Fsp3) is 0.714. The van der Waals surface area contributed by atoms with Gasteiger partial charge in [0, 0.05) is 25.6 Å². The Hall–Kier alpha value is -1.40. The molecule has 0 spiro atoms. The Morgan fingerprint density at radius 1 is 1.40 bits per heavy atom. The van der Waals surface area contributed by atoms with Crippen LogP contribution in [0.25, 0.3) is 0 Å². The van der Waals surface area contributed by atoms with Gasteiger partial charge in [-0.2, -0.15) is 0 Å². The maximum Gasteiger partial charge on any atom is 0.145 e. The van der Waals surface area contributed by atoms with E-state index in [0.717, 1.165) is 37.6 Å². The lowest BCUT2D eigenvalue weighted by Gasteiger charge is -2.35. The van der Waals surface area contributed by atoms with Crippen molar-refractivity contribution in [2.45, 2.75) is 38.6 Å². The number of nitrogen functional groups attached to an aromatic ring is 1. The fourth-order valence-electron chi connectivity index (χ4n) is 2.64. The smallest absolute Gasteiger partial charge is 0.145 e. The van der Waals surface area contributed by atoms with Gasteiger partial charge in [0.1, 0.15) is 17.5 Å². The van der Waals surface area contributed by atoms with Gasteiger partial charge in [-0.05, 0) is 39.4 Å². The number of piperidine rings is 1. The molecule has 1 aliphatic heterocycles. The third kappa shape index (κ3) is 3.58. The van der Waals surface area contributed by atoms with Crippen LogP contribution >= 0.6 is 0 Å². The fourth-order valence-corrected chi connectivity index (χ4v) is 2.64. The lowest BCUT2D eigenvalue weighted by Crippen LogP contribution is -2.42. The Morgan fingerprint density at radius 2 is 2.10 bits per heavy atom. The molecule has 0 saturated carbocycles. The summed E-state index contributed by atoms with van der Waals surface area (Å²) in [4.78, 5) is 13.7. The zero-order chi connectivity index (χ0) is 14.5. The van der Waals surface area contributed by atoms with Crippen LogP contribution in [0.15, 0.2) is 6.07 Å². The summed E-state index contributed by atoms with van der Waals surface area (Å²) in [6.07, 6.45) is 4.26. The lowest BCUT2D eigenvalue weighted by atomic mass is 10.0. The second-order valence-electron chi connectivity index (χ2n) is 5.57. The Kier molecular flexibility index (Phi) is 5.14. The van der Waals surface area contributed by atoms with E-state index in [2.05, 4.69) is 46.2 Å². The van der Waals surface area contributed by atoms with Crippen LogP contribution in [-0.4, -0.2) is 48.1 Å². The molecule has 2 heterocycles. The van der Waals surface area contributed by atoms with Crippen molar-refractivity contribution < 1.29 is 0 Å². The first-order chi connectivity index (χ1) is 9.63. The molecule has 1 aliphatic rings. The maximum absolute atomic E-state index is 5.52. The zero-order valence-corrected chi connectivity index (χ0v) is 12.8. The van der Waals surface area contributed by atoms with E-state index in [1.54, 1.807) is 0 Å². The molecule has 3 N–H and O–H groups in total. The Bertz CT molecular complexity index is 428. The summed E-state index contributed by atoms with van der Waals surface area (Å²) in [6.45, 7) is 4.42. The van der Waals surface area contributed by atoms with Crippen molar-refractivity contribution in [1.29, 1.82) is 0 Å². The predicted octanol–water partition coefficient (Wildman–Crippen LogP) is 1.25. The Morgan fingerprint density at radius 3 is 2.70 bits per heavy atom. The van der Waals surface area contributed by atoms with Crippen LogP contribution in [0, 0.1) is 0 Å². The molecule has 0 amide bonds. The number of hydrogen-bond donors (Lipinski definition) is 2. The van der Waals surface area contributed by atoms with Crippen molar-refractivity contribution >= 4 is 11.6 Å². The summed E-state index contributed by atoms with van der Waals surface area (Å²) in [5, 5.41) is 0. The maximum atomic E-state index is 5.52. The summed E-state index contributed by atoms with van der Waals surface area (Å²) in [5.74, 6) is 8.03. The second kappa shape index (κ2) is 6.85. The highest BCUT2D eigenvalue weighted by Gasteiger charge is 2.22. The molecule has 0 aliphatic carbocycles.